The molecule has 0 bridgehead atoms. The van der Waals surface area contributed by atoms with E-state index in [1.54, 1.807) is 0 Å². The van der Waals surface area contributed by atoms with Crippen LogP contribution in [-0.4, -0.2) is 30.9 Å². The number of rotatable bonds is 3. The molecule has 3 rings (SSSR count). The number of carbonyl (C=O) groups excluding carboxylic acids is 1. The quantitative estimate of drug-likeness (QED) is 0.456. The summed E-state index contributed by atoms with van der Waals surface area (Å²) in [5.41, 5.74) is 0.647. The van der Waals surface area contributed by atoms with E-state index in [9.17, 15) is 4.79 Å². The van der Waals surface area contributed by atoms with E-state index in [4.69, 9.17) is 14.0 Å². The normalized spacial score (nSPS) is 36.0. The van der Waals surface area contributed by atoms with E-state index in [0.717, 1.165) is 12.8 Å². The Kier molecular flexibility index (Phi) is 3.49. The molecule has 5 heteroatoms. The van der Waals surface area contributed by atoms with Gasteiger partial charge in [0.1, 0.15) is 0 Å². The van der Waals surface area contributed by atoms with Gasteiger partial charge >= 0.3 is 13.1 Å². The Morgan fingerprint density at radius 2 is 1.90 bits per heavy atom. The van der Waals surface area contributed by atoms with Crippen molar-refractivity contribution < 1.29 is 18.8 Å². The first-order valence-electron chi connectivity index (χ1n) is 8.00. The van der Waals surface area contributed by atoms with Crippen LogP contribution in [0.25, 0.3) is 0 Å². The average Bonchev–Trinajstić information content (AvgIpc) is 3.05. The van der Waals surface area contributed by atoms with Crippen LogP contribution in [0.1, 0.15) is 47.5 Å². The van der Waals surface area contributed by atoms with Crippen molar-refractivity contribution in [1.82, 2.24) is 0 Å². The van der Waals surface area contributed by atoms with Crippen molar-refractivity contribution in [2.24, 2.45) is 11.8 Å². The lowest BCUT2D eigenvalue weighted by molar-refractivity contribution is -0.144. The number of carbonyl (C=O) groups is 1. The Morgan fingerprint density at radius 3 is 2.48 bits per heavy atom. The summed E-state index contributed by atoms with van der Waals surface area (Å²) in [5, 5.41) is 0. The highest BCUT2D eigenvalue weighted by Crippen LogP contribution is 2.56. The molecule has 1 aliphatic heterocycles. The number of esters is 1. The molecule has 3 atom stereocenters. The van der Waals surface area contributed by atoms with E-state index in [0.29, 0.717) is 12.5 Å². The van der Waals surface area contributed by atoms with Gasteiger partial charge in [0.25, 0.3) is 0 Å². The lowest BCUT2D eigenvalue weighted by atomic mass is 9.67. The molecule has 2 aliphatic carbocycles. The minimum absolute atomic E-state index is 0.00243. The van der Waals surface area contributed by atoms with E-state index in [1.165, 1.54) is 5.57 Å². The summed E-state index contributed by atoms with van der Waals surface area (Å²) >= 11 is 0. The standard InChI is InChI=1S/C16H25BO4/c1-6-19-14(18)13-11-8-7-10(9-12(11)13)17-20-15(2,3)16(4,5)21-17/h9-11,13H,6-8H2,1-5H3. The molecule has 0 spiro atoms. The first kappa shape index (κ1) is 15.1. The number of hydrogen-bond donors (Lipinski definition) is 0. The zero-order valence-electron chi connectivity index (χ0n) is 13.6. The van der Waals surface area contributed by atoms with Crippen molar-refractivity contribution >= 4 is 13.1 Å². The zero-order valence-corrected chi connectivity index (χ0v) is 13.6. The molecular weight excluding hydrogens is 267 g/mol. The Morgan fingerprint density at radius 1 is 1.29 bits per heavy atom. The van der Waals surface area contributed by atoms with Crippen molar-refractivity contribution in [2.75, 3.05) is 6.61 Å². The van der Waals surface area contributed by atoms with Crippen LogP contribution in [-0.2, 0) is 18.8 Å². The lowest BCUT2D eigenvalue weighted by Gasteiger charge is -2.32. The van der Waals surface area contributed by atoms with Gasteiger partial charge in [-0.15, -0.1) is 0 Å². The van der Waals surface area contributed by atoms with Gasteiger partial charge in [-0.1, -0.05) is 11.6 Å². The number of allylic oxidation sites excluding steroid dienone is 1. The van der Waals surface area contributed by atoms with Gasteiger partial charge < -0.3 is 14.0 Å². The molecule has 1 saturated heterocycles. The second-order valence-electron chi connectivity index (χ2n) is 7.37. The Labute approximate surface area is 127 Å². The van der Waals surface area contributed by atoms with E-state index in [1.807, 2.05) is 6.92 Å². The maximum absolute atomic E-state index is 11.9. The van der Waals surface area contributed by atoms with Crippen LogP contribution < -0.4 is 0 Å². The molecule has 4 nitrogen and oxygen atoms in total. The third kappa shape index (κ3) is 2.44. The van der Waals surface area contributed by atoms with Crippen LogP contribution in [0.3, 0.4) is 0 Å². The van der Waals surface area contributed by atoms with Gasteiger partial charge in [-0.2, -0.15) is 0 Å². The maximum atomic E-state index is 11.9. The highest BCUT2D eigenvalue weighted by atomic mass is 16.7. The molecule has 21 heavy (non-hydrogen) atoms. The molecule has 3 aliphatic rings. The third-order valence-corrected chi connectivity index (χ3v) is 5.46. The summed E-state index contributed by atoms with van der Waals surface area (Å²) < 4.78 is 17.4. The predicted molar refractivity (Wildman–Crippen MR) is 80.8 cm³/mol. The van der Waals surface area contributed by atoms with Crippen molar-refractivity contribution in [3.05, 3.63) is 11.6 Å². The van der Waals surface area contributed by atoms with Gasteiger partial charge in [0.2, 0.25) is 0 Å². The van der Waals surface area contributed by atoms with Gasteiger partial charge in [0.15, 0.2) is 0 Å². The fourth-order valence-corrected chi connectivity index (χ4v) is 3.41. The molecule has 1 heterocycles. The van der Waals surface area contributed by atoms with Crippen LogP contribution in [0, 0.1) is 11.8 Å². The molecule has 0 radical (unpaired) electrons. The number of fused-ring (bicyclic) bond motifs is 1. The fraction of sp³-hybridized carbons (Fsp3) is 0.812. The molecule has 0 amide bonds. The molecule has 0 aromatic rings. The topological polar surface area (TPSA) is 44.8 Å². The summed E-state index contributed by atoms with van der Waals surface area (Å²) in [7, 11) is -0.202. The van der Waals surface area contributed by atoms with Crippen LogP contribution in [0.4, 0.5) is 0 Å². The van der Waals surface area contributed by atoms with Crippen molar-refractivity contribution in [2.45, 2.75) is 64.5 Å². The second-order valence-corrected chi connectivity index (χ2v) is 7.37. The Bertz CT molecular complexity index is 467. The van der Waals surface area contributed by atoms with Gasteiger partial charge in [-0.25, -0.2) is 0 Å². The number of ether oxygens (including phenoxy) is 1. The summed E-state index contributed by atoms with van der Waals surface area (Å²) in [6.07, 6.45) is 4.25. The predicted octanol–water partition coefficient (Wildman–Crippen LogP) is 2.98. The Balaban J connectivity index is 1.69. The lowest BCUT2D eigenvalue weighted by Crippen LogP contribution is -2.41. The first-order chi connectivity index (χ1) is 9.77. The monoisotopic (exact) mass is 292 g/mol. The molecule has 0 N–H and O–H groups in total. The summed E-state index contributed by atoms with van der Waals surface area (Å²) in [6.45, 7) is 10.6. The summed E-state index contributed by atoms with van der Waals surface area (Å²) in [4.78, 5) is 11.9. The minimum Gasteiger partial charge on any atom is -0.466 e. The van der Waals surface area contributed by atoms with Crippen LogP contribution in [0.5, 0.6) is 0 Å². The van der Waals surface area contributed by atoms with Crippen LogP contribution in [0.2, 0.25) is 5.82 Å². The Hall–Kier alpha value is -0.805. The molecule has 0 aromatic heterocycles. The molecule has 2 fully saturated rings. The van der Waals surface area contributed by atoms with Crippen LogP contribution >= 0.6 is 0 Å². The SMILES string of the molecule is CCOC(=O)C1C2=CC(B3OC(C)(C)C(C)(C)O3)CCC21. The number of hydrogen-bond acceptors (Lipinski definition) is 4. The molecule has 3 unspecified atom stereocenters. The largest absolute Gasteiger partial charge is 0.466 e. The van der Waals surface area contributed by atoms with Crippen molar-refractivity contribution in [3.63, 3.8) is 0 Å². The highest BCUT2D eigenvalue weighted by molar-refractivity contribution is 6.48. The molecule has 116 valence electrons. The van der Waals surface area contributed by atoms with E-state index >= 15 is 0 Å². The third-order valence-electron chi connectivity index (χ3n) is 5.46. The van der Waals surface area contributed by atoms with Gasteiger partial charge in [0.05, 0.1) is 23.7 Å². The average molecular weight is 292 g/mol. The van der Waals surface area contributed by atoms with Crippen LogP contribution in [0.15, 0.2) is 11.6 Å². The van der Waals surface area contributed by atoms with Gasteiger partial charge in [0, 0.05) is 5.82 Å². The first-order valence-corrected chi connectivity index (χ1v) is 8.00. The van der Waals surface area contributed by atoms with E-state index < -0.39 is 0 Å². The summed E-state index contributed by atoms with van der Waals surface area (Å²) in [6, 6.07) is 0. The van der Waals surface area contributed by atoms with Crippen molar-refractivity contribution in [3.8, 4) is 0 Å². The van der Waals surface area contributed by atoms with E-state index in [-0.39, 0.29) is 36.0 Å². The zero-order chi connectivity index (χ0) is 15.4. The van der Waals surface area contributed by atoms with Crippen molar-refractivity contribution in [1.29, 1.82) is 0 Å². The smallest absolute Gasteiger partial charge is 0.465 e. The molecular formula is C16H25BO4. The highest BCUT2D eigenvalue weighted by Gasteiger charge is 2.57. The van der Waals surface area contributed by atoms with E-state index in [2.05, 4.69) is 33.8 Å². The van der Waals surface area contributed by atoms with Gasteiger partial charge in [-0.3, -0.25) is 4.79 Å². The van der Waals surface area contributed by atoms with Gasteiger partial charge in [-0.05, 0) is 53.4 Å². The fourth-order valence-electron chi connectivity index (χ4n) is 3.41. The summed E-state index contributed by atoms with van der Waals surface area (Å²) in [5.74, 6) is 0.583. The minimum atomic E-state index is -0.295. The molecule has 0 aromatic carbocycles. The molecule has 1 saturated carbocycles. The second kappa shape index (κ2) is 4.85. The maximum Gasteiger partial charge on any atom is 0.465 e.